The number of carboxylic acid groups (broad SMARTS) is 1. The molecule has 4 rings (SSSR count). The van der Waals surface area contributed by atoms with Crippen LogP contribution in [0.4, 0.5) is 0 Å². The quantitative estimate of drug-likeness (QED) is 0.0675. The monoisotopic (exact) mass is 696 g/mol. The Hall–Kier alpha value is -5.58. The van der Waals surface area contributed by atoms with Crippen molar-refractivity contribution in [3.63, 3.8) is 0 Å². The number of nitrogens with one attached hydrogen (secondary N) is 3. The fourth-order valence-electron chi connectivity index (χ4n) is 6.07. The van der Waals surface area contributed by atoms with E-state index in [1.807, 2.05) is 55.5 Å². The average molecular weight is 697 g/mol. The fourth-order valence-corrected chi connectivity index (χ4v) is 6.07. The summed E-state index contributed by atoms with van der Waals surface area (Å²) in [5.74, 6) is -1.12. The van der Waals surface area contributed by atoms with E-state index in [9.17, 15) is 24.3 Å². The Morgan fingerprint density at radius 3 is 2.22 bits per heavy atom. The highest BCUT2D eigenvalue weighted by atomic mass is 16.5. The number of carboxylic acids is 1. The lowest BCUT2D eigenvalue weighted by Gasteiger charge is -2.27. The van der Waals surface area contributed by atoms with E-state index >= 15 is 0 Å². The van der Waals surface area contributed by atoms with Crippen LogP contribution in [0.15, 0.2) is 78.9 Å². The summed E-state index contributed by atoms with van der Waals surface area (Å²) >= 11 is 0. The number of unbranched alkanes of at least 4 members (excludes halogenated alkanes) is 2. The first-order chi connectivity index (χ1) is 24.6. The Morgan fingerprint density at radius 1 is 0.863 bits per heavy atom. The maximum atomic E-state index is 14.2. The zero-order chi connectivity index (χ0) is 36.8. The number of nitrogens with zero attached hydrogens (tertiary/aromatic N) is 1. The first kappa shape index (κ1) is 38.2. The minimum absolute atomic E-state index is 0.137. The number of aliphatic carboxylic acids is 1. The minimum Gasteiger partial charge on any atom is -0.496 e. The predicted molar refractivity (Wildman–Crippen MR) is 198 cm³/mol. The van der Waals surface area contributed by atoms with Crippen molar-refractivity contribution in [3.8, 4) is 11.5 Å². The summed E-state index contributed by atoms with van der Waals surface area (Å²) < 4.78 is 12.9. The van der Waals surface area contributed by atoms with Crippen LogP contribution in [0, 0.1) is 6.92 Å². The lowest BCUT2D eigenvalue weighted by atomic mass is 9.96. The van der Waals surface area contributed by atoms with Gasteiger partial charge in [-0.2, -0.15) is 0 Å². The third-order valence-electron chi connectivity index (χ3n) is 8.60. The first-order valence-electron chi connectivity index (χ1n) is 17.3. The van der Waals surface area contributed by atoms with Gasteiger partial charge in [0.1, 0.15) is 29.8 Å². The summed E-state index contributed by atoms with van der Waals surface area (Å²) in [6.45, 7) is 3.96. The highest BCUT2D eigenvalue weighted by molar-refractivity contribution is 6.01. The molecular formula is C40H48N4O7. The van der Waals surface area contributed by atoms with Gasteiger partial charge in [0.25, 0.3) is 5.91 Å². The van der Waals surface area contributed by atoms with E-state index in [-0.39, 0.29) is 18.0 Å². The number of carbonyl (C=O) groups excluding carboxylic acids is 3. The van der Waals surface area contributed by atoms with E-state index in [1.54, 1.807) is 44.6 Å². The molecule has 4 N–H and O–H groups in total. The minimum atomic E-state index is -1.10. The fraction of sp³-hybridized carbons (Fsp3) is 0.350. The lowest BCUT2D eigenvalue weighted by Crippen LogP contribution is -2.48. The van der Waals surface area contributed by atoms with Crippen LogP contribution >= 0.6 is 0 Å². The van der Waals surface area contributed by atoms with Crippen LogP contribution in [0.25, 0.3) is 17.0 Å². The Bertz CT molecular complexity index is 1810. The molecule has 1 unspecified atom stereocenters. The number of benzene rings is 3. The summed E-state index contributed by atoms with van der Waals surface area (Å²) in [7, 11) is 3.15. The number of hydrogen-bond donors (Lipinski definition) is 4. The maximum absolute atomic E-state index is 14.2. The van der Waals surface area contributed by atoms with E-state index in [1.165, 1.54) is 10.6 Å². The predicted octanol–water partition coefficient (Wildman–Crippen LogP) is 6.20. The Kier molecular flexibility index (Phi) is 14.2. The van der Waals surface area contributed by atoms with E-state index in [0.29, 0.717) is 53.8 Å². The number of rotatable bonds is 19. The number of aromatic nitrogens is 1. The van der Waals surface area contributed by atoms with Gasteiger partial charge in [0.15, 0.2) is 0 Å². The standard InChI is InChI=1S/C40H48N4O7/c1-5-6-17-30(38-34(50-3)23-27(2)24-35(38)51-4)42-39(48)31(18-12-13-22-41-36(45)21-20-28-14-8-7-9-15-28)43-40(49)33-25-29-16-10-11-19-32(29)44(33)26-37(46)47/h7-11,14-16,19-21,23-25,30-31H,5-6,12-13,17-18,22,26H2,1-4H3,(H,41,45)(H,42,48)(H,43,49)(H,46,47)/t30?,31-/m1/s1. The Morgan fingerprint density at radius 2 is 1.55 bits per heavy atom. The molecule has 51 heavy (non-hydrogen) atoms. The van der Waals surface area contributed by atoms with Gasteiger partial charge in [-0.1, -0.05) is 68.3 Å². The molecule has 0 aliphatic heterocycles. The van der Waals surface area contributed by atoms with Crippen molar-refractivity contribution < 1.29 is 33.8 Å². The molecule has 3 amide bonds. The molecule has 0 fully saturated rings. The number of fused-ring (bicyclic) bond motifs is 1. The topological polar surface area (TPSA) is 148 Å². The van der Waals surface area contributed by atoms with Crippen molar-refractivity contribution in [2.45, 2.75) is 71.0 Å². The molecule has 270 valence electrons. The summed E-state index contributed by atoms with van der Waals surface area (Å²) in [4.78, 5) is 52.2. The van der Waals surface area contributed by atoms with Gasteiger partial charge >= 0.3 is 5.97 Å². The average Bonchev–Trinajstić information content (AvgIpc) is 3.49. The van der Waals surface area contributed by atoms with Crippen LogP contribution in [0.3, 0.4) is 0 Å². The third-order valence-corrected chi connectivity index (χ3v) is 8.60. The van der Waals surface area contributed by atoms with E-state index < -0.39 is 36.4 Å². The molecule has 0 spiro atoms. The molecule has 1 aromatic heterocycles. The Balaban J connectivity index is 1.55. The summed E-state index contributed by atoms with van der Waals surface area (Å²) in [5.41, 5.74) is 3.31. The Labute approximate surface area is 299 Å². The second-order valence-corrected chi connectivity index (χ2v) is 12.4. The van der Waals surface area contributed by atoms with Crippen molar-refractivity contribution in [2.24, 2.45) is 0 Å². The van der Waals surface area contributed by atoms with Crippen molar-refractivity contribution in [1.29, 1.82) is 0 Å². The van der Waals surface area contributed by atoms with Crippen LogP contribution in [-0.4, -0.2) is 60.2 Å². The van der Waals surface area contributed by atoms with Gasteiger partial charge in [0.05, 0.1) is 25.8 Å². The normalized spacial score (nSPS) is 12.3. The summed E-state index contributed by atoms with van der Waals surface area (Å²) in [5, 5.41) is 19.3. The molecule has 0 saturated carbocycles. The van der Waals surface area contributed by atoms with Crippen molar-refractivity contribution >= 4 is 40.7 Å². The highest BCUT2D eigenvalue weighted by Gasteiger charge is 2.29. The number of aryl methyl sites for hydroxylation is 1. The van der Waals surface area contributed by atoms with Crippen molar-refractivity contribution in [1.82, 2.24) is 20.5 Å². The van der Waals surface area contributed by atoms with Gasteiger partial charge < -0.3 is 35.1 Å². The van der Waals surface area contributed by atoms with Gasteiger partial charge in [0.2, 0.25) is 11.8 Å². The summed E-state index contributed by atoms with van der Waals surface area (Å²) in [6, 6.07) is 20.6. The highest BCUT2D eigenvalue weighted by Crippen LogP contribution is 2.38. The zero-order valence-corrected chi connectivity index (χ0v) is 29.7. The molecule has 0 aliphatic rings. The molecule has 4 aromatic rings. The van der Waals surface area contributed by atoms with Crippen LogP contribution in [-0.2, 0) is 20.9 Å². The lowest BCUT2D eigenvalue weighted by molar-refractivity contribution is -0.137. The maximum Gasteiger partial charge on any atom is 0.323 e. The molecule has 11 heteroatoms. The van der Waals surface area contributed by atoms with Crippen molar-refractivity contribution in [2.75, 3.05) is 20.8 Å². The molecule has 0 radical (unpaired) electrons. The van der Waals surface area contributed by atoms with E-state index in [4.69, 9.17) is 9.47 Å². The van der Waals surface area contributed by atoms with E-state index in [2.05, 4.69) is 22.9 Å². The molecule has 3 aromatic carbocycles. The van der Waals surface area contributed by atoms with Gasteiger partial charge in [-0.05, 0) is 74.1 Å². The van der Waals surface area contributed by atoms with E-state index in [0.717, 1.165) is 24.0 Å². The second kappa shape index (κ2) is 19.0. The van der Waals surface area contributed by atoms with Crippen LogP contribution in [0.2, 0.25) is 0 Å². The number of methoxy groups -OCH3 is 2. The molecule has 0 saturated heterocycles. The first-order valence-corrected chi connectivity index (χ1v) is 17.3. The SMILES string of the molecule is CCCCC(NC(=O)[C@@H](CCCCNC(=O)C=Cc1ccccc1)NC(=O)c1cc2ccccc2n1CC(=O)O)c1c(OC)cc(C)cc1OC. The van der Waals surface area contributed by atoms with Crippen LogP contribution in [0.5, 0.6) is 11.5 Å². The molecule has 2 atom stereocenters. The zero-order valence-electron chi connectivity index (χ0n) is 29.7. The van der Waals surface area contributed by atoms with Crippen molar-refractivity contribution in [3.05, 3.63) is 101 Å². The van der Waals surface area contributed by atoms with Crippen LogP contribution in [0.1, 0.15) is 78.7 Å². The number of carbonyl (C=O) groups is 4. The summed E-state index contributed by atoms with van der Waals surface area (Å²) in [6.07, 6.45) is 6.87. The van der Waals surface area contributed by atoms with Gasteiger partial charge in [-0.15, -0.1) is 0 Å². The van der Waals surface area contributed by atoms with Gasteiger partial charge in [-0.3, -0.25) is 19.2 Å². The van der Waals surface area contributed by atoms with Gasteiger partial charge in [0, 0.05) is 23.5 Å². The molecule has 0 bridgehead atoms. The number of amides is 3. The number of para-hydroxylation sites is 1. The van der Waals surface area contributed by atoms with Gasteiger partial charge in [-0.25, -0.2) is 0 Å². The van der Waals surface area contributed by atoms with Crippen LogP contribution < -0.4 is 25.4 Å². The molecule has 0 aliphatic carbocycles. The molecule has 11 nitrogen and oxygen atoms in total. The molecule has 1 heterocycles. The second-order valence-electron chi connectivity index (χ2n) is 12.4. The smallest absolute Gasteiger partial charge is 0.323 e. The number of hydrogen-bond acceptors (Lipinski definition) is 6. The third kappa shape index (κ3) is 10.7. The molecular weight excluding hydrogens is 648 g/mol. The largest absolute Gasteiger partial charge is 0.496 e. The number of ether oxygens (including phenoxy) is 2.